The molecule has 1 aromatic heterocycles. The van der Waals surface area contributed by atoms with Crippen LogP contribution in [0.15, 0.2) is 35.7 Å². The van der Waals surface area contributed by atoms with Gasteiger partial charge in [-0.15, -0.1) is 11.3 Å². The maximum Gasteiger partial charge on any atom is 0.241 e. The molecular weight excluding hydrogens is 280 g/mol. The summed E-state index contributed by atoms with van der Waals surface area (Å²) in [5, 5.41) is 8.32. The standard InChI is InChI=1S/C17H22N2OS/c1-4-14-9-10-21-16(14)11-18-13(3)17(20)19-15-7-5-12(2)6-8-15/h5-10,13,18H,4,11H2,1-3H3,(H,19,20). The fourth-order valence-corrected chi connectivity index (χ4v) is 2.99. The lowest BCUT2D eigenvalue weighted by molar-refractivity contribution is -0.117. The highest BCUT2D eigenvalue weighted by Crippen LogP contribution is 2.17. The molecule has 2 rings (SSSR count). The van der Waals surface area contributed by atoms with Crippen molar-refractivity contribution < 1.29 is 4.79 Å². The fourth-order valence-electron chi connectivity index (χ4n) is 2.06. The minimum absolute atomic E-state index is 0.00606. The van der Waals surface area contributed by atoms with Crippen molar-refractivity contribution in [2.24, 2.45) is 0 Å². The number of rotatable bonds is 6. The van der Waals surface area contributed by atoms with E-state index in [4.69, 9.17) is 0 Å². The third kappa shape index (κ3) is 4.41. The first-order chi connectivity index (χ1) is 10.1. The number of amides is 1. The van der Waals surface area contributed by atoms with Gasteiger partial charge in [-0.1, -0.05) is 24.6 Å². The number of benzene rings is 1. The van der Waals surface area contributed by atoms with Gasteiger partial charge in [0.05, 0.1) is 6.04 Å². The SMILES string of the molecule is CCc1ccsc1CNC(C)C(=O)Nc1ccc(C)cc1. The largest absolute Gasteiger partial charge is 0.325 e. The molecule has 0 spiro atoms. The van der Waals surface area contributed by atoms with Crippen LogP contribution in [0.3, 0.4) is 0 Å². The summed E-state index contributed by atoms with van der Waals surface area (Å²) in [6.45, 7) is 6.81. The number of hydrogen-bond acceptors (Lipinski definition) is 3. The van der Waals surface area contributed by atoms with Gasteiger partial charge in [-0.2, -0.15) is 0 Å². The minimum Gasteiger partial charge on any atom is -0.325 e. The predicted molar refractivity (Wildman–Crippen MR) is 89.8 cm³/mol. The molecule has 1 heterocycles. The summed E-state index contributed by atoms with van der Waals surface area (Å²) in [4.78, 5) is 13.5. The van der Waals surface area contributed by atoms with Crippen LogP contribution in [0.4, 0.5) is 5.69 Å². The van der Waals surface area contributed by atoms with E-state index in [1.807, 2.05) is 38.1 Å². The summed E-state index contributed by atoms with van der Waals surface area (Å²) in [6, 6.07) is 9.76. The lowest BCUT2D eigenvalue weighted by Crippen LogP contribution is -2.37. The van der Waals surface area contributed by atoms with Crippen LogP contribution in [0.25, 0.3) is 0 Å². The highest BCUT2D eigenvalue weighted by molar-refractivity contribution is 7.10. The van der Waals surface area contributed by atoms with E-state index in [-0.39, 0.29) is 11.9 Å². The summed E-state index contributed by atoms with van der Waals surface area (Å²) in [6.07, 6.45) is 1.03. The van der Waals surface area contributed by atoms with Crippen LogP contribution in [0.1, 0.15) is 29.9 Å². The van der Waals surface area contributed by atoms with Gasteiger partial charge in [0, 0.05) is 17.1 Å². The molecular formula is C17H22N2OS. The summed E-state index contributed by atoms with van der Waals surface area (Å²) in [5.41, 5.74) is 3.38. The molecule has 0 aliphatic heterocycles. The molecule has 0 saturated carbocycles. The summed E-state index contributed by atoms with van der Waals surface area (Å²) >= 11 is 1.74. The lowest BCUT2D eigenvalue weighted by Gasteiger charge is -2.14. The quantitative estimate of drug-likeness (QED) is 0.853. The zero-order valence-electron chi connectivity index (χ0n) is 12.8. The van der Waals surface area contributed by atoms with E-state index < -0.39 is 0 Å². The number of thiophene rings is 1. The number of carbonyl (C=O) groups is 1. The molecule has 21 heavy (non-hydrogen) atoms. The summed E-state index contributed by atoms with van der Waals surface area (Å²) < 4.78 is 0. The van der Waals surface area contributed by atoms with Crippen molar-refractivity contribution in [3.8, 4) is 0 Å². The Morgan fingerprint density at radius 3 is 2.62 bits per heavy atom. The van der Waals surface area contributed by atoms with Gasteiger partial charge in [0.15, 0.2) is 0 Å². The molecule has 2 aromatic rings. The number of anilines is 1. The molecule has 0 radical (unpaired) electrons. The maximum absolute atomic E-state index is 12.1. The first-order valence-corrected chi connectivity index (χ1v) is 8.14. The molecule has 3 nitrogen and oxygen atoms in total. The zero-order valence-corrected chi connectivity index (χ0v) is 13.6. The first kappa shape index (κ1) is 15.7. The molecule has 1 unspecified atom stereocenters. The van der Waals surface area contributed by atoms with E-state index in [2.05, 4.69) is 29.0 Å². The Morgan fingerprint density at radius 2 is 1.95 bits per heavy atom. The zero-order chi connectivity index (χ0) is 15.2. The normalized spacial score (nSPS) is 12.1. The van der Waals surface area contributed by atoms with Gasteiger partial charge >= 0.3 is 0 Å². The van der Waals surface area contributed by atoms with Crippen molar-refractivity contribution in [2.75, 3.05) is 5.32 Å². The van der Waals surface area contributed by atoms with Gasteiger partial charge < -0.3 is 10.6 Å². The van der Waals surface area contributed by atoms with Crippen LogP contribution in [0, 0.1) is 6.92 Å². The predicted octanol–water partition coefficient (Wildman–Crippen LogP) is 3.74. The van der Waals surface area contributed by atoms with Gasteiger partial charge in [-0.3, -0.25) is 4.79 Å². The molecule has 1 amide bonds. The molecule has 0 aliphatic carbocycles. The summed E-state index contributed by atoms with van der Waals surface area (Å²) in [7, 11) is 0. The van der Waals surface area contributed by atoms with E-state index >= 15 is 0 Å². The lowest BCUT2D eigenvalue weighted by atomic mass is 10.2. The second-order valence-corrected chi connectivity index (χ2v) is 6.18. The van der Waals surface area contributed by atoms with E-state index in [1.54, 1.807) is 11.3 Å². The molecule has 1 atom stereocenters. The van der Waals surface area contributed by atoms with Crippen molar-refractivity contribution in [3.05, 3.63) is 51.7 Å². The second kappa shape index (κ2) is 7.38. The molecule has 2 N–H and O–H groups in total. The number of hydrogen-bond donors (Lipinski definition) is 2. The minimum atomic E-state index is -0.224. The van der Waals surface area contributed by atoms with E-state index in [0.29, 0.717) is 0 Å². The van der Waals surface area contributed by atoms with Crippen LogP contribution < -0.4 is 10.6 Å². The maximum atomic E-state index is 12.1. The van der Waals surface area contributed by atoms with Crippen LogP contribution >= 0.6 is 11.3 Å². The van der Waals surface area contributed by atoms with Crippen LogP contribution in [0.2, 0.25) is 0 Å². The Labute approximate surface area is 130 Å². The number of nitrogens with one attached hydrogen (secondary N) is 2. The van der Waals surface area contributed by atoms with E-state index in [1.165, 1.54) is 16.0 Å². The van der Waals surface area contributed by atoms with Crippen LogP contribution in [-0.2, 0) is 17.8 Å². The average Bonchev–Trinajstić information content (AvgIpc) is 2.94. The molecule has 0 fully saturated rings. The Bertz CT molecular complexity index is 589. The highest BCUT2D eigenvalue weighted by atomic mass is 32.1. The smallest absolute Gasteiger partial charge is 0.241 e. The number of aryl methyl sites for hydroxylation is 2. The molecule has 0 bridgehead atoms. The van der Waals surface area contributed by atoms with Crippen molar-refractivity contribution in [1.29, 1.82) is 0 Å². The van der Waals surface area contributed by atoms with E-state index in [0.717, 1.165) is 18.7 Å². The summed E-state index contributed by atoms with van der Waals surface area (Å²) in [5.74, 6) is -0.00606. The Kier molecular flexibility index (Phi) is 5.53. The first-order valence-electron chi connectivity index (χ1n) is 7.26. The van der Waals surface area contributed by atoms with E-state index in [9.17, 15) is 4.79 Å². The van der Waals surface area contributed by atoms with Crippen molar-refractivity contribution in [3.63, 3.8) is 0 Å². The second-order valence-electron chi connectivity index (χ2n) is 5.18. The topological polar surface area (TPSA) is 41.1 Å². The van der Waals surface area contributed by atoms with Crippen molar-refractivity contribution >= 4 is 22.9 Å². The monoisotopic (exact) mass is 302 g/mol. The Morgan fingerprint density at radius 1 is 1.24 bits per heavy atom. The fraction of sp³-hybridized carbons (Fsp3) is 0.353. The number of carbonyl (C=O) groups excluding carboxylic acids is 1. The Balaban J connectivity index is 1.86. The molecule has 4 heteroatoms. The highest BCUT2D eigenvalue weighted by Gasteiger charge is 2.13. The average molecular weight is 302 g/mol. The van der Waals surface area contributed by atoms with Crippen molar-refractivity contribution in [2.45, 2.75) is 39.8 Å². The van der Waals surface area contributed by atoms with Gasteiger partial charge in [-0.05, 0) is 49.4 Å². The van der Waals surface area contributed by atoms with Gasteiger partial charge in [0.25, 0.3) is 0 Å². The van der Waals surface area contributed by atoms with Crippen molar-refractivity contribution in [1.82, 2.24) is 5.32 Å². The van der Waals surface area contributed by atoms with Gasteiger partial charge in [-0.25, -0.2) is 0 Å². The molecule has 112 valence electrons. The molecule has 0 saturated heterocycles. The third-order valence-corrected chi connectivity index (χ3v) is 4.46. The molecule has 1 aromatic carbocycles. The van der Waals surface area contributed by atoms with Crippen LogP contribution in [0.5, 0.6) is 0 Å². The van der Waals surface area contributed by atoms with Gasteiger partial charge in [0.2, 0.25) is 5.91 Å². The third-order valence-electron chi connectivity index (χ3n) is 3.50. The molecule has 0 aliphatic rings. The van der Waals surface area contributed by atoms with Crippen LogP contribution in [-0.4, -0.2) is 11.9 Å². The Hall–Kier alpha value is -1.65. The van der Waals surface area contributed by atoms with Gasteiger partial charge in [0.1, 0.15) is 0 Å².